The maximum Gasteiger partial charge on any atom is 0.256 e. The molecule has 23 heavy (non-hydrogen) atoms. The van der Waals surface area contributed by atoms with Crippen LogP contribution in [0.25, 0.3) is 0 Å². The minimum Gasteiger partial charge on any atom is -0.306 e. The van der Waals surface area contributed by atoms with Crippen LogP contribution in [-0.4, -0.2) is 37.7 Å². The van der Waals surface area contributed by atoms with Gasteiger partial charge in [-0.2, -0.15) is 0 Å². The second-order valence-corrected chi connectivity index (χ2v) is 7.76. The minimum atomic E-state index is -3.55. The van der Waals surface area contributed by atoms with Gasteiger partial charge in [-0.25, -0.2) is 22.1 Å². The van der Waals surface area contributed by atoms with Crippen molar-refractivity contribution in [2.75, 3.05) is 19.4 Å². The zero-order valence-electron chi connectivity index (χ0n) is 12.2. The first-order chi connectivity index (χ1) is 10.7. The average Bonchev–Trinajstić information content (AvgIpc) is 2.50. The molecule has 0 unspecified atom stereocenters. The molecule has 1 heterocycles. The van der Waals surface area contributed by atoms with Crippen LogP contribution in [0.2, 0.25) is 0 Å². The third kappa shape index (κ3) is 3.92. The molecule has 0 fully saturated rings. The lowest BCUT2D eigenvalue weighted by atomic mass is 10.2. The molecule has 6 nitrogen and oxygen atoms in total. The molecule has 0 spiro atoms. The average molecular weight is 402 g/mol. The highest BCUT2D eigenvalue weighted by Crippen LogP contribution is 2.21. The van der Waals surface area contributed by atoms with Crippen molar-refractivity contribution in [3.05, 3.63) is 52.4 Å². The van der Waals surface area contributed by atoms with Crippen molar-refractivity contribution in [3.8, 4) is 0 Å². The molecular formula is C14H13BrFN3O3S. The van der Waals surface area contributed by atoms with Gasteiger partial charge >= 0.3 is 0 Å². The molecule has 122 valence electrons. The summed E-state index contributed by atoms with van der Waals surface area (Å²) in [6.45, 7) is 0. The molecule has 0 saturated heterocycles. The molecule has 2 aromatic rings. The fraction of sp³-hybridized carbons (Fsp3) is 0.143. The number of hydrogen-bond donors (Lipinski definition) is 1. The van der Waals surface area contributed by atoms with E-state index < -0.39 is 21.7 Å². The molecule has 0 aliphatic rings. The van der Waals surface area contributed by atoms with E-state index in [9.17, 15) is 17.6 Å². The molecular weight excluding hydrogens is 389 g/mol. The van der Waals surface area contributed by atoms with Gasteiger partial charge in [0.15, 0.2) is 0 Å². The fourth-order valence-electron chi connectivity index (χ4n) is 1.68. The standard InChI is InChI=1S/C14H13BrFN3O3S/c1-19(2)23(21,22)11-5-3-9(4-6-11)14(20)18-13-12(15)7-10(16)8-17-13/h3-8H,1-2H3,(H,17,18,20). The summed E-state index contributed by atoms with van der Waals surface area (Å²) >= 11 is 3.10. The third-order valence-corrected chi connectivity index (χ3v) is 5.37. The fourth-order valence-corrected chi connectivity index (χ4v) is 3.00. The molecule has 1 aromatic heterocycles. The van der Waals surface area contributed by atoms with Crippen LogP contribution in [0.15, 0.2) is 45.9 Å². The number of anilines is 1. The Morgan fingerprint density at radius 3 is 2.39 bits per heavy atom. The lowest BCUT2D eigenvalue weighted by Crippen LogP contribution is -2.22. The van der Waals surface area contributed by atoms with Gasteiger partial charge in [-0.15, -0.1) is 0 Å². The number of aromatic nitrogens is 1. The molecule has 1 N–H and O–H groups in total. The maximum absolute atomic E-state index is 13.0. The molecule has 0 atom stereocenters. The van der Waals surface area contributed by atoms with Crippen molar-refractivity contribution in [2.24, 2.45) is 0 Å². The summed E-state index contributed by atoms with van der Waals surface area (Å²) in [5.41, 5.74) is 0.251. The van der Waals surface area contributed by atoms with Gasteiger partial charge in [0.05, 0.1) is 15.6 Å². The van der Waals surface area contributed by atoms with Crippen LogP contribution in [0, 0.1) is 5.82 Å². The van der Waals surface area contributed by atoms with E-state index in [1.807, 2.05) is 0 Å². The number of benzene rings is 1. The highest BCUT2D eigenvalue weighted by atomic mass is 79.9. The maximum atomic E-state index is 13.0. The summed E-state index contributed by atoms with van der Waals surface area (Å²) in [6.07, 6.45) is 0.979. The van der Waals surface area contributed by atoms with Crippen LogP contribution >= 0.6 is 15.9 Å². The smallest absolute Gasteiger partial charge is 0.256 e. The van der Waals surface area contributed by atoms with E-state index in [0.717, 1.165) is 10.5 Å². The van der Waals surface area contributed by atoms with Crippen LogP contribution in [-0.2, 0) is 10.0 Å². The Balaban J connectivity index is 2.21. The van der Waals surface area contributed by atoms with Crippen molar-refractivity contribution in [1.29, 1.82) is 0 Å². The van der Waals surface area contributed by atoms with Gasteiger partial charge in [-0.05, 0) is 46.3 Å². The highest BCUT2D eigenvalue weighted by molar-refractivity contribution is 9.10. The predicted octanol–water partition coefficient (Wildman–Crippen LogP) is 2.49. The molecule has 1 amide bonds. The van der Waals surface area contributed by atoms with E-state index in [-0.39, 0.29) is 16.3 Å². The Hall–Kier alpha value is -1.84. The van der Waals surface area contributed by atoms with Crippen LogP contribution in [0.4, 0.5) is 10.2 Å². The number of carbonyl (C=O) groups is 1. The van der Waals surface area contributed by atoms with Crippen molar-refractivity contribution in [2.45, 2.75) is 4.90 Å². The van der Waals surface area contributed by atoms with Crippen molar-refractivity contribution in [1.82, 2.24) is 9.29 Å². The summed E-state index contributed by atoms with van der Waals surface area (Å²) in [5, 5.41) is 2.51. The van der Waals surface area contributed by atoms with Crippen molar-refractivity contribution < 1.29 is 17.6 Å². The number of hydrogen-bond acceptors (Lipinski definition) is 4. The number of sulfonamides is 1. The van der Waals surface area contributed by atoms with Gasteiger partial charge in [-0.1, -0.05) is 0 Å². The Morgan fingerprint density at radius 2 is 1.87 bits per heavy atom. The van der Waals surface area contributed by atoms with Gasteiger partial charge in [0.25, 0.3) is 5.91 Å². The highest BCUT2D eigenvalue weighted by Gasteiger charge is 2.18. The molecule has 0 aliphatic carbocycles. The van der Waals surface area contributed by atoms with E-state index in [1.54, 1.807) is 0 Å². The quantitative estimate of drug-likeness (QED) is 0.853. The van der Waals surface area contributed by atoms with Crippen LogP contribution < -0.4 is 5.32 Å². The van der Waals surface area contributed by atoms with Crippen LogP contribution in [0.3, 0.4) is 0 Å². The summed E-state index contributed by atoms with van der Waals surface area (Å²) in [6, 6.07) is 6.65. The normalized spacial score (nSPS) is 11.5. The number of amides is 1. The monoisotopic (exact) mass is 401 g/mol. The van der Waals surface area contributed by atoms with Crippen molar-refractivity contribution in [3.63, 3.8) is 0 Å². The summed E-state index contributed by atoms with van der Waals surface area (Å²) < 4.78 is 38.3. The van der Waals surface area contributed by atoms with Crippen molar-refractivity contribution >= 4 is 37.7 Å². The lowest BCUT2D eigenvalue weighted by Gasteiger charge is -2.11. The Kier molecular flexibility index (Phi) is 5.12. The number of pyridine rings is 1. The topological polar surface area (TPSA) is 79.4 Å². The minimum absolute atomic E-state index is 0.0835. The van der Waals surface area contributed by atoms with E-state index in [1.165, 1.54) is 44.4 Å². The Bertz CT molecular complexity index is 839. The SMILES string of the molecule is CN(C)S(=O)(=O)c1ccc(C(=O)Nc2ncc(F)cc2Br)cc1. The predicted molar refractivity (Wildman–Crippen MR) is 87.2 cm³/mol. The number of carbonyl (C=O) groups excluding carboxylic acids is 1. The van der Waals surface area contributed by atoms with E-state index in [0.29, 0.717) is 4.47 Å². The molecule has 0 bridgehead atoms. The zero-order chi connectivity index (χ0) is 17.2. The molecule has 0 radical (unpaired) electrons. The van der Waals surface area contributed by atoms with Gasteiger partial charge in [0, 0.05) is 19.7 Å². The number of nitrogens with zero attached hydrogens (tertiary/aromatic N) is 2. The van der Waals surface area contributed by atoms with Gasteiger partial charge in [0.2, 0.25) is 10.0 Å². The number of halogens is 2. The molecule has 9 heteroatoms. The Morgan fingerprint density at radius 1 is 1.26 bits per heavy atom. The first kappa shape index (κ1) is 17.5. The lowest BCUT2D eigenvalue weighted by molar-refractivity contribution is 0.102. The molecule has 0 aliphatic heterocycles. The second-order valence-electron chi connectivity index (χ2n) is 4.75. The van der Waals surface area contributed by atoms with Gasteiger partial charge in [0.1, 0.15) is 11.6 Å². The first-order valence-electron chi connectivity index (χ1n) is 6.37. The molecule has 2 rings (SSSR count). The summed E-state index contributed by atoms with van der Waals surface area (Å²) in [7, 11) is -0.701. The van der Waals surface area contributed by atoms with E-state index in [4.69, 9.17) is 0 Å². The first-order valence-corrected chi connectivity index (χ1v) is 8.60. The van der Waals surface area contributed by atoms with Gasteiger partial charge in [-0.3, -0.25) is 4.79 Å². The zero-order valence-corrected chi connectivity index (χ0v) is 14.6. The van der Waals surface area contributed by atoms with Gasteiger partial charge < -0.3 is 5.32 Å². The third-order valence-electron chi connectivity index (χ3n) is 2.93. The summed E-state index contributed by atoms with van der Waals surface area (Å²) in [5.74, 6) is -0.854. The summed E-state index contributed by atoms with van der Waals surface area (Å²) in [4.78, 5) is 16.0. The number of nitrogens with one attached hydrogen (secondary N) is 1. The second kappa shape index (κ2) is 6.73. The Labute approximate surface area is 141 Å². The largest absolute Gasteiger partial charge is 0.306 e. The van der Waals surface area contributed by atoms with Crippen LogP contribution in [0.5, 0.6) is 0 Å². The molecule has 0 saturated carbocycles. The van der Waals surface area contributed by atoms with E-state index >= 15 is 0 Å². The van der Waals surface area contributed by atoms with Crippen LogP contribution in [0.1, 0.15) is 10.4 Å². The van der Waals surface area contributed by atoms with E-state index in [2.05, 4.69) is 26.2 Å². The molecule has 1 aromatic carbocycles. The number of rotatable bonds is 4.